The fraction of sp³-hybridized carbons (Fsp3) is 1.00. The molecule has 0 aromatic carbocycles. The predicted molar refractivity (Wildman–Crippen MR) is 99.6 cm³/mol. The molecule has 0 rings (SSSR count). The molecule has 2 atom stereocenters. The van der Waals surface area contributed by atoms with Crippen LogP contribution in [0.3, 0.4) is 0 Å². The Hall–Kier alpha value is 1.62. The second-order valence-corrected chi connectivity index (χ2v) is 11.3. The summed E-state index contributed by atoms with van der Waals surface area (Å²) < 4.78 is 38.0. The van der Waals surface area contributed by atoms with Crippen LogP contribution in [0.2, 0.25) is 0 Å². The molecule has 2 unspecified atom stereocenters. The summed E-state index contributed by atoms with van der Waals surface area (Å²) in [5.41, 5.74) is 0. The van der Waals surface area contributed by atoms with Gasteiger partial charge in [0, 0.05) is 23.0 Å². The third kappa shape index (κ3) is 19.6. The maximum Gasteiger partial charge on any atom is 0.152 e. The number of rotatable bonds is 15. The topological polar surface area (TPSA) is 74.6 Å². The molecule has 20 heavy (non-hydrogen) atoms. The predicted octanol–water partition coefficient (Wildman–Crippen LogP) is 3.75. The molecule has 0 aliphatic heterocycles. The van der Waals surface area contributed by atoms with E-state index in [0.29, 0.717) is 11.5 Å². The molecule has 4 nitrogen and oxygen atoms in total. The van der Waals surface area contributed by atoms with Crippen LogP contribution >= 0.6 is 43.2 Å². The lowest BCUT2D eigenvalue weighted by atomic mass is 10.4. The van der Waals surface area contributed by atoms with Crippen LogP contribution < -0.4 is 0 Å². The molecule has 0 spiro atoms. The number of unbranched alkanes of at least 4 members (excludes halogenated alkanes) is 1. The van der Waals surface area contributed by atoms with E-state index < -0.39 is 22.2 Å². The summed E-state index contributed by atoms with van der Waals surface area (Å²) in [6.07, 6.45) is 3.98. The summed E-state index contributed by atoms with van der Waals surface area (Å²) in [7, 11) is 7.24. The van der Waals surface area contributed by atoms with Crippen molar-refractivity contribution < 1.29 is 17.5 Å². The second-order valence-electron chi connectivity index (χ2n) is 3.75. The van der Waals surface area contributed by atoms with Crippen LogP contribution in [0, 0.1) is 0 Å². The number of hydrogen-bond acceptors (Lipinski definition) is 6. The van der Waals surface area contributed by atoms with Crippen molar-refractivity contribution in [2.24, 2.45) is 0 Å². The van der Waals surface area contributed by atoms with Gasteiger partial charge in [-0.2, -0.15) is 0 Å². The summed E-state index contributed by atoms with van der Waals surface area (Å²) in [5.74, 6) is 4.89. The van der Waals surface area contributed by atoms with E-state index in [0.717, 1.165) is 35.9 Å². The smallest absolute Gasteiger partial charge is 0.152 e. The highest BCUT2D eigenvalue weighted by Crippen LogP contribution is 2.26. The first-order valence-electron chi connectivity index (χ1n) is 6.26. The lowest BCUT2D eigenvalue weighted by molar-refractivity contribution is 0.561. The zero-order valence-electron chi connectivity index (χ0n) is 11.2. The van der Waals surface area contributed by atoms with E-state index in [1.54, 1.807) is 21.6 Å². The highest BCUT2D eigenvalue weighted by atomic mass is 33.1. The van der Waals surface area contributed by atoms with E-state index in [1.807, 2.05) is 21.6 Å². The van der Waals surface area contributed by atoms with E-state index >= 15 is 0 Å². The molecular weight excluding hydrogens is 377 g/mol. The van der Waals surface area contributed by atoms with Gasteiger partial charge in [-0.1, -0.05) is 43.2 Å². The van der Waals surface area contributed by atoms with E-state index in [4.69, 9.17) is 9.11 Å². The maximum absolute atomic E-state index is 10.4. The molecule has 0 fully saturated rings. The van der Waals surface area contributed by atoms with Gasteiger partial charge in [0.1, 0.15) is 0 Å². The van der Waals surface area contributed by atoms with Crippen molar-refractivity contribution in [3.8, 4) is 0 Å². The van der Waals surface area contributed by atoms with Crippen molar-refractivity contribution in [1.82, 2.24) is 0 Å². The lowest BCUT2D eigenvalue weighted by Crippen LogP contribution is -1.95. The summed E-state index contributed by atoms with van der Waals surface area (Å²) in [6, 6.07) is 0. The Balaban J connectivity index is 2.99. The van der Waals surface area contributed by atoms with Gasteiger partial charge in [-0.3, -0.25) is 0 Å². The summed E-state index contributed by atoms with van der Waals surface area (Å²) in [6.45, 7) is 0. The van der Waals surface area contributed by atoms with E-state index in [1.165, 1.54) is 12.8 Å². The third-order valence-electron chi connectivity index (χ3n) is 1.97. The fourth-order valence-electron chi connectivity index (χ4n) is 1.04. The average molecular weight is 399 g/mol. The van der Waals surface area contributed by atoms with Gasteiger partial charge in [-0.25, -0.2) is 8.42 Å². The second kappa shape index (κ2) is 17.0. The van der Waals surface area contributed by atoms with Crippen molar-refractivity contribution in [2.45, 2.75) is 25.7 Å². The number of hydrogen-bond donors (Lipinski definition) is 2. The minimum Gasteiger partial charge on any atom is -0.306 e. The zero-order valence-corrected chi connectivity index (χ0v) is 16.1. The Bertz CT molecular complexity index is 240. The average Bonchev–Trinajstić information content (AvgIpc) is 2.38. The first-order chi connectivity index (χ1) is 9.63. The van der Waals surface area contributed by atoms with Gasteiger partial charge in [-0.05, 0) is 25.7 Å². The van der Waals surface area contributed by atoms with Gasteiger partial charge in [0.15, 0.2) is 22.2 Å². The minimum atomic E-state index is -1.64. The first-order valence-corrected chi connectivity index (χ1v) is 13.8. The summed E-state index contributed by atoms with van der Waals surface area (Å²) in [4.78, 5) is 0. The Morgan fingerprint density at radius 2 is 0.900 bits per heavy atom. The third-order valence-corrected chi connectivity index (χ3v) is 8.40. The summed E-state index contributed by atoms with van der Waals surface area (Å²) >= 11 is -3.28. The van der Waals surface area contributed by atoms with Crippen LogP contribution in [0.25, 0.3) is 0 Å². The van der Waals surface area contributed by atoms with Crippen molar-refractivity contribution in [2.75, 3.05) is 34.5 Å². The maximum atomic E-state index is 10.4. The molecule has 0 aromatic rings. The van der Waals surface area contributed by atoms with Crippen molar-refractivity contribution >= 4 is 65.3 Å². The van der Waals surface area contributed by atoms with E-state index in [-0.39, 0.29) is 0 Å². The van der Waals surface area contributed by atoms with Gasteiger partial charge in [0.2, 0.25) is 0 Å². The Labute approximate surface area is 142 Å². The molecule has 0 amide bonds. The van der Waals surface area contributed by atoms with Gasteiger partial charge < -0.3 is 9.11 Å². The van der Waals surface area contributed by atoms with Crippen LogP contribution in [0.1, 0.15) is 25.7 Å². The van der Waals surface area contributed by atoms with E-state index in [9.17, 15) is 8.42 Å². The highest BCUT2D eigenvalue weighted by Gasteiger charge is 1.97. The molecule has 0 saturated carbocycles. The van der Waals surface area contributed by atoms with Gasteiger partial charge in [0.25, 0.3) is 0 Å². The molecule has 0 radical (unpaired) electrons. The summed E-state index contributed by atoms with van der Waals surface area (Å²) in [5, 5.41) is 0. The fourth-order valence-corrected chi connectivity index (χ4v) is 6.66. The molecule has 0 heterocycles. The largest absolute Gasteiger partial charge is 0.306 e. The molecule has 122 valence electrons. The normalized spacial score (nSPS) is 14.3. The van der Waals surface area contributed by atoms with Crippen LogP contribution in [0.4, 0.5) is 0 Å². The first kappa shape index (κ1) is 21.6. The molecule has 0 aliphatic carbocycles. The van der Waals surface area contributed by atoms with Gasteiger partial charge in [-0.15, -0.1) is 0 Å². The minimum absolute atomic E-state index is 0.380. The van der Waals surface area contributed by atoms with Crippen LogP contribution in [0.15, 0.2) is 0 Å². The molecule has 10 heteroatoms. The van der Waals surface area contributed by atoms with Crippen LogP contribution in [-0.2, 0) is 22.2 Å². The van der Waals surface area contributed by atoms with E-state index in [2.05, 4.69) is 0 Å². The molecular formula is C10H22O4S6. The lowest BCUT2D eigenvalue weighted by Gasteiger charge is -2.02. The monoisotopic (exact) mass is 398 g/mol. The van der Waals surface area contributed by atoms with Gasteiger partial charge in [0.05, 0.1) is 11.5 Å². The molecule has 0 aliphatic rings. The molecule has 0 aromatic heterocycles. The molecule has 0 saturated heterocycles. The molecule has 2 N–H and O–H groups in total. The van der Waals surface area contributed by atoms with Crippen molar-refractivity contribution in [3.05, 3.63) is 0 Å². The van der Waals surface area contributed by atoms with Crippen molar-refractivity contribution in [3.63, 3.8) is 0 Å². The Morgan fingerprint density at radius 1 is 0.600 bits per heavy atom. The highest BCUT2D eigenvalue weighted by molar-refractivity contribution is 8.77. The Kier molecular flexibility index (Phi) is 18.4. The Morgan fingerprint density at radius 3 is 1.20 bits per heavy atom. The standard InChI is InChI=1S/C10H22O4S6/c11-19(12)9-3-7-17-15-5-1-2-6-16-18-8-4-10-20(13)14/h1-10H2,(H,11,12)(H,13,14). The zero-order chi connectivity index (χ0) is 15.1. The van der Waals surface area contributed by atoms with Crippen molar-refractivity contribution in [1.29, 1.82) is 0 Å². The SMILES string of the molecule is O=S(O)CCCSSCCCCSSCCCS(=O)O. The molecule has 0 bridgehead atoms. The van der Waals surface area contributed by atoms with Crippen LogP contribution in [-0.4, -0.2) is 52.0 Å². The van der Waals surface area contributed by atoms with Gasteiger partial charge >= 0.3 is 0 Å². The van der Waals surface area contributed by atoms with Crippen LogP contribution in [0.5, 0.6) is 0 Å². The quantitative estimate of drug-likeness (QED) is 0.245.